The molecule has 0 bridgehead atoms. The number of para-hydroxylation sites is 1. The van der Waals surface area contributed by atoms with E-state index in [2.05, 4.69) is 6.08 Å². The van der Waals surface area contributed by atoms with Crippen molar-refractivity contribution in [1.29, 1.82) is 0 Å². The molecule has 0 saturated carbocycles. The molecule has 0 amide bonds. The number of fused-ring (bicyclic) bond motifs is 2. The number of rotatable bonds is 8. The molecule has 0 aliphatic heterocycles. The van der Waals surface area contributed by atoms with Crippen LogP contribution < -0.4 is 14.2 Å². The van der Waals surface area contributed by atoms with Gasteiger partial charge in [0.2, 0.25) is 0 Å². The first-order valence-corrected chi connectivity index (χ1v) is 10.6. The Balaban J connectivity index is 1.78. The second-order valence-electron chi connectivity index (χ2n) is 7.95. The number of aliphatic hydroxyl groups is 2. The predicted octanol–water partition coefficient (Wildman–Crippen LogP) is 4.42. The van der Waals surface area contributed by atoms with Crippen LogP contribution in [-0.4, -0.2) is 35.6 Å². The van der Waals surface area contributed by atoms with Crippen LogP contribution in [0.25, 0.3) is 10.8 Å². The number of allylic oxidation sites excluding steroid dienone is 2. The van der Waals surface area contributed by atoms with Crippen molar-refractivity contribution < 1.29 is 24.4 Å². The fourth-order valence-corrected chi connectivity index (χ4v) is 3.80. The number of aliphatic hydroxyl groups excluding tert-OH is 2. The summed E-state index contributed by atoms with van der Waals surface area (Å²) in [5.74, 6) is 3.15. The van der Waals surface area contributed by atoms with Crippen LogP contribution >= 0.6 is 0 Å². The maximum absolute atomic E-state index is 9.82. The molecular formula is C26H28O5. The van der Waals surface area contributed by atoms with Crippen molar-refractivity contribution in [3.63, 3.8) is 0 Å². The standard InChI is InChI=1S/C26H28O5/c1-17(27)15-29-25-21-10-6-7-11-22(21)26(30-16-18(2)28)24-14-20(12-13-23(24)25)31-19-8-4-3-5-9-19/h3-12,17-18,27-28H,13-16H2,1-2H3. The highest BCUT2D eigenvalue weighted by molar-refractivity contribution is 5.96. The lowest BCUT2D eigenvalue weighted by molar-refractivity contribution is 0.121. The summed E-state index contributed by atoms with van der Waals surface area (Å²) < 4.78 is 18.3. The lowest BCUT2D eigenvalue weighted by Gasteiger charge is -2.26. The number of ether oxygens (including phenoxy) is 3. The molecule has 162 valence electrons. The molecule has 2 atom stereocenters. The van der Waals surface area contributed by atoms with E-state index in [1.54, 1.807) is 13.8 Å². The largest absolute Gasteiger partial charge is 0.490 e. The Kier molecular flexibility index (Phi) is 6.44. The van der Waals surface area contributed by atoms with E-state index in [1.807, 2.05) is 54.6 Å². The van der Waals surface area contributed by atoms with Crippen molar-refractivity contribution in [3.05, 3.63) is 77.6 Å². The zero-order valence-electron chi connectivity index (χ0n) is 17.9. The van der Waals surface area contributed by atoms with Gasteiger partial charge in [0, 0.05) is 28.3 Å². The number of hydrogen-bond acceptors (Lipinski definition) is 5. The minimum Gasteiger partial charge on any atom is -0.490 e. The van der Waals surface area contributed by atoms with Gasteiger partial charge in [-0.05, 0) is 38.5 Å². The minimum absolute atomic E-state index is 0.197. The summed E-state index contributed by atoms with van der Waals surface area (Å²) in [6.07, 6.45) is 2.09. The average Bonchev–Trinajstić information content (AvgIpc) is 2.76. The summed E-state index contributed by atoms with van der Waals surface area (Å²) in [5.41, 5.74) is 2.02. The van der Waals surface area contributed by atoms with E-state index in [4.69, 9.17) is 14.2 Å². The van der Waals surface area contributed by atoms with Gasteiger partial charge in [-0.2, -0.15) is 0 Å². The van der Waals surface area contributed by atoms with Crippen LogP contribution in [0, 0.1) is 0 Å². The molecule has 3 aromatic rings. The Morgan fingerprint density at radius 1 is 0.774 bits per heavy atom. The van der Waals surface area contributed by atoms with Gasteiger partial charge in [-0.15, -0.1) is 0 Å². The zero-order chi connectivity index (χ0) is 21.8. The van der Waals surface area contributed by atoms with Crippen LogP contribution in [0.3, 0.4) is 0 Å². The van der Waals surface area contributed by atoms with Crippen LogP contribution in [0.4, 0.5) is 0 Å². The monoisotopic (exact) mass is 420 g/mol. The van der Waals surface area contributed by atoms with Gasteiger partial charge >= 0.3 is 0 Å². The third-order valence-electron chi connectivity index (χ3n) is 5.14. The molecule has 0 spiro atoms. The first-order chi connectivity index (χ1) is 15.0. The smallest absolute Gasteiger partial charge is 0.131 e. The lowest BCUT2D eigenvalue weighted by atomic mass is 9.89. The second kappa shape index (κ2) is 9.41. The number of benzene rings is 3. The van der Waals surface area contributed by atoms with Crippen molar-refractivity contribution in [1.82, 2.24) is 0 Å². The third-order valence-corrected chi connectivity index (χ3v) is 5.14. The van der Waals surface area contributed by atoms with Gasteiger partial charge in [0.15, 0.2) is 0 Å². The van der Waals surface area contributed by atoms with E-state index in [-0.39, 0.29) is 13.2 Å². The molecule has 5 heteroatoms. The van der Waals surface area contributed by atoms with Crippen LogP contribution in [-0.2, 0) is 12.8 Å². The normalized spacial score (nSPS) is 15.0. The minimum atomic E-state index is -0.584. The Bertz CT molecular complexity index is 1070. The highest BCUT2D eigenvalue weighted by Crippen LogP contribution is 2.44. The summed E-state index contributed by atoms with van der Waals surface area (Å²) in [6.45, 7) is 3.82. The first kappa shape index (κ1) is 21.2. The molecule has 1 aliphatic rings. The van der Waals surface area contributed by atoms with Gasteiger partial charge in [-0.25, -0.2) is 0 Å². The van der Waals surface area contributed by atoms with E-state index in [1.165, 1.54) is 0 Å². The molecule has 2 N–H and O–H groups in total. The highest BCUT2D eigenvalue weighted by Gasteiger charge is 2.26. The summed E-state index contributed by atoms with van der Waals surface area (Å²) in [7, 11) is 0. The molecular weight excluding hydrogens is 392 g/mol. The van der Waals surface area contributed by atoms with E-state index >= 15 is 0 Å². The van der Waals surface area contributed by atoms with Gasteiger partial charge in [-0.1, -0.05) is 42.5 Å². The molecule has 0 aromatic heterocycles. The SMILES string of the molecule is CC(O)COc1c2c(c(OCC(C)O)c3ccccc13)CC(Oc1ccccc1)=CC2. The topological polar surface area (TPSA) is 68.2 Å². The van der Waals surface area contributed by atoms with Gasteiger partial charge in [-0.3, -0.25) is 0 Å². The molecule has 31 heavy (non-hydrogen) atoms. The van der Waals surface area contributed by atoms with E-state index in [0.29, 0.717) is 12.8 Å². The van der Waals surface area contributed by atoms with Gasteiger partial charge in [0.25, 0.3) is 0 Å². The van der Waals surface area contributed by atoms with Gasteiger partial charge in [0.05, 0.1) is 12.2 Å². The van der Waals surface area contributed by atoms with E-state index < -0.39 is 12.2 Å². The second-order valence-corrected chi connectivity index (χ2v) is 7.95. The number of hydrogen-bond donors (Lipinski definition) is 2. The quantitative estimate of drug-likeness (QED) is 0.565. The summed E-state index contributed by atoms with van der Waals surface area (Å²) in [6, 6.07) is 17.6. The highest BCUT2D eigenvalue weighted by atomic mass is 16.5. The Labute approximate surface area is 182 Å². The molecule has 0 radical (unpaired) electrons. The predicted molar refractivity (Wildman–Crippen MR) is 121 cm³/mol. The van der Waals surface area contributed by atoms with Crippen LogP contribution in [0.15, 0.2) is 66.4 Å². The Morgan fingerprint density at radius 3 is 1.90 bits per heavy atom. The fraction of sp³-hybridized carbons (Fsp3) is 0.308. The average molecular weight is 421 g/mol. The summed E-state index contributed by atoms with van der Waals surface area (Å²) in [4.78, 5) is 0. The molecule has 2 unspecified atom stereocenters. The van der Waals surface area contributed by atoms with E-state index in [0.717, 1.165) is 44.9 Å². The van der Waals surface area contributed by atoms with Crippen molar-refractivity contribution in [2.75, 3.05) is 13.2 Å². The summed E-state index contributed by atoms with van der Waals surface area (Å²) in [5, 5.41) is 21.5. The molecule has 4 rings (SSSR count). The van der Waals surface area contributed by atoms with Crippen molar-refractivity contribution in [2.24, 2.45) is 0 Å². The van der Waals surface area contributed by atoms with Crippen LogP contribution in [0.2, 0.25) is 0 Å². The zero-order valence-corrected chi connectivity index (χ0v) is 17.9. The molecule has 0 heterocycles. The van der Waals surface area contributed by atoms with Crippen molar-refractivity contribution >= 4 is 10.8 Å². The molecule has 5 nitrogen and oxygen atoms in total. The van der Waals surface area contributed by atoms with Gasteiger partial charge < -0.3 is 24.4 Å². The van der Waals surface area contributed by atoms with Crippen molar-refractivity contribution in [3.8, 4) is 17.2 Å². The fourth-order valence-electron chi connectivity index (χ4n) is 3.80. The lowest BCUT2D eigenvalue weighted by Crippen LogP contribution is -2.18. The first-order valence-electron chi connectivity index (χ1n) is 10.6. The molecule has 0 saturated heterocycles. The third kappa shape index (κ3) is 4.84. The molecule has 1 aliphatic carbocycles. The maximum Gasteiger partial charge on any atom is 0.131 e. The Hall–Kier alpha value is -3.02. The van der Waals surface area contributed by atoms with Crippen molar-refractivity contribution in [2.45, 2.75) is 38.9 Å². The van der Waals surface area contributed by atoms with Crippen LogP contribution in [0.5, 0.6) is 17.2 Å². The van der Waals surface area contributed by atoms with Crippen LogP contribution in [0.1, 0.15) is 25.0 Å². The maximum atomic E-state index is 9.82. The molecule has 0 fully saturated rings. The summed E-state index contributed by atoms with van der Waals surface area (Å²) >= 11 is 0. The van der Waals surface area contributed by atoms with E-state index in [9.17, 15) is 10.2 Å². The molecule has 3 aromatic carbocycles. The Morgan fingerprint density at radius 2 is 1.32 bits per heavy atom. The van der Waals surface area contributed by atoms with Gasteiger partial charge in [0.1, 0.15) is 36.2 Å².